The SMILES string of the molecule is CNC(COCCOC)Cc1cccc(OC)c1. The van der Waals surface area contributed by atoms with Crippen LogP contribution in [0.2, 0.25) is 0 Å². The summed E-state index contributed by atoms with van der Waals surface area (Å²) in [5.41, 5.74) is 1.24. The standard InChI is InChI=1S/C14H23NO3/c1-15-13(11-18-8-7-16-2)9-12-5-4-6-14(10-12)17-3/h4-6,10,13,15H,7-9,11H2,1-3H3. The van der Waals surface area contributed by atoms with Crippen LogP contribution >= 0.6 is 0 Å². The molecule has 4 nitrogen and oxygen atoms in total. The minimum Gasteiger partial charge on any atom is -0.497 e. The Kier molecular flexibility index (Phi) is 7.41. The van der Waals surface area contributed by atoms with Crippen LogP contribution in [0.25, 0.3) is 0 Å². The first-order valence-electron chi connectivity index (χ1n) is 6.17. The molecule has 0 aliphatic heterocycles. The minimum absolute atomic E-state index is 0.300. The van der Waals surface area contributed by atoms with Gasteiger partial charge in [-0.2, -0.15) is 0 Å². The van der Waals surface area contributed by atoms with Crippen molar-refractivity contribution in [2.45, 2.75) is 12.5 Å². The second-order valence-corrected chi connectivity index (χ2v) is 4.11. The molecule has 1 aromatic rings. The van der Waals surface area contributed by atoms with Crippen molar-refractivity contribution in [1.82, 2.24) is 5.32 Å². The number of hydrogen-bond acceptors (Lipinski definition) is 4. The molecule has 0 amide bonds. The molecule has 1 unspecified atom stereocenters. The first kappa shape index (κ1) is 15.0. The van der Waals surface area contributed by atoms with E-state index in [1.807, 2.05) is 19.2 Å². The van der Waals surface area contributed by atoms with Gasteiger partial charge in [0, 0.05) is 13.2 Å². The lowest BCUT2D eigenvalue weighted by Gasteiger charge is -2.16. The Morgan fingerprint density at radius 1 is 1.22 bits per heavy atom. The van der Waals surface area contributed by atoms with Gasteiger partial charge in [0.1, 0.15) is 5.75 Å². The molecular weight excluding hydrogens is 230 g/mol. The fourth-order valence-corrected chi connectivity index (χ4v) is 1.70. The number of ether oxygens (including phenoxy) is 3. The van der Waals surface area contributed by atoms with Gasteiger partial charge in [0.2, 0.25) is 0 Å². The molecule has 18 heavy (non-hydrogen) atoms. The average molecular weight is 253 g/mol. The van der Waals surface area contributed by atoms with Crippen LogP contribution in [0.15, 0.2) is 24.3 Å². The second kappa shape index (κ2) is 8.91. The predicted octanol–water partition coefficient (Wildman–Crippen LogP) is 1.49. The molecule has 0 bridgehead atoms. The third-order valence-electron chi connectivity index (χ3n) is 2.78. The van der Waals surface area contributed by atoms with E-state index in [0.29, 0.717) is 25.9 Å². The Bertz CT molecular complexity index is 331. The van der Waals surface area contributed by atoms with Crippen molar-refractivity contribution < 1.29 is 14.2 Å². The lowest BCUT2D eigenvalue weighted by Crippen LogP contribution is -2.33. The maximum atomic E-state index is 5.54. The number of methoxy groups -OCH3 is 2. The molecule has 0 aromatic heterocycles. The van der Waals surface area contributed by atoms with Crippen molar-refractivity contribution in [3.05, 3.63) is 29.8 Å². The minimum atomic E-state index is 0.300. The molecular formula is C14H23NO3. The Balaban J connectivity index is 2.41. The van der Waals surface area contributed by atoms with Crippen LogP contribution in [0.1, 0.15) is 5.56 Å². The normalized spacial score (nSPS) is 12.4. The molecule has 1 N–H and O–H groups in total. The average Bonchev–Trinajstić information content (AvgIpc) is 2.42. The first-order chi connectivity index (χ1) is 8.80. The van der Waals surface area contributed by atoms with E-state index in [9.17, 15) is 0 Å². The lowest BCUT2D eigenvalue weighted by molar-refractivity contribution is 0.0598. The van der Waals surface area contributed by atoms with Crippen molar-refractivity contribution in [1.29, 1.82) is 0 Å². The maximum Gasteiger partial charge on any atom is 0.119 e. The van der Waals surface area contributed by atoms with Gasteiger partial charge in [0.15, 0.2) is 0 Å². The number of benzene rings is 1. The molecule has 0 aliphatic rings. The Hall–Kier alpha value is -1.10. The van der Waals surface area contributed by atoms with Gasteiger partial charge in [-0.15, -0.1) is 0 Å². The van der Waals surface area contributed by atoms with Crippen LogP contribution < -0.4 is 10.1 Å². The number of rotatable bonds is 9. The first-order valence-corrected chi connectivity index (χ1v) is 6.17. The summed E-state index contributed by atoms with van der Waals surface area (Å²) in [6.07, 6.45) is 0.917. The van der Waals surface area contributed by atoms with Crippen molar-refractivity contribution in [2.24, 2.45) is 0 Å². The Morgan fingerprint density at radius 2 is 2.06 bits per heavy atom. The highest BCUT2D eigenvalue weighted by Gasteiger charge is 2.08. The zero-order valence-electron chi connectivity index (χ0n) is 11.4. The summed E-state index contributed by atoms with van der Waals surface area (Å²) >= 11 is 0. The lowest BCUT2D eigenvalue weighted by atomic mass is 10.1. The van der Waals surface area contributed by atoms with Crippen LogP contribution in [0.3, 0.4) is 0 Å². The molecule has 102 valence electrons. The highest BCUT2D eigenvalue weighted by atomic mass is 16.5. The molecule has 0 saturated heterocycles. The molecule has 0 radical (unpaired) electrons. The van der Waals surface area contributed by atoms with E-state index in [4.69, 9.17) is 14.2 Å². The number of hydrogen-bond donors (Lipinski definition) is 1. The predicted molar refractivity (Wildman–Crippen MR) is 72.2 cm³/mol. The van der Waals surface area contributed by atoms with Gasteiger partial charge in [-0.3, -0.25) is 0 Å². The zero-order chi connectivity index (χ0) is 13.2. The summed E-state index contributed by atoms with van der Waals surface area (Å²) in [7, 11) is 5.31. The quantitative estimate of drug-likeness (QED) is 0.677. The van der Waals surface area contributed by atoms with Crippen molar-refractivity contribution in [3.8, 4) is 5.75 Å². The van der Waals surface area contributed by atoms with Gasteiger partial charge in [-0.05, 0) is 31.2 Å². The van der Waals surface area contributed by atoms with E-state index in [0.717, 1.165) is 12.2 Å². The number of nitrogens with one attached hydrogen (secondary N) is 1. The van der Waals surface area contributed by atoms with Gasteiger partial charge in [-0.1, -0.05) is 12.1 Å². The van der Waals surface area contributed by atoms with E-state index in [1.165, 1.54) is 5.56 Å². The van der Waals surface area contributed by atoms with Gasteiger partial charge in [-0.25, -0.2) is 0 Å². The second-order valence-electron chi connectivity index (χ2n) is 4.11. The summed E-state index contributed by atoms with van der Waals surface area (Å²) < 4.78 is 15.7. The fraction of sp³-hybridized carbons (Fsp3) is 0.571. The monoisotopic (exact) mass is 253 g/mol. The molecule has 1 rings (SSSR count). The Labute approximate surface area is 109 Å². The molecule has 0 spiro atoms. The Morgan fingerprint density at radius 3 is 2.72 bits per heavy atom. The molecule has 0 fully saturated rings. The topological polar surface area (TPSA) is 39.7 Å². The summed E-state index contributed by atoms with van der Waals surface area (Å²) in [5.74, 6) is 0.891. The summed E-state index contributed by atoms with van der Waals surface area (Å²) in [6.45, 7) is 1.94. The zero-order valence-corrected chi connectivity index (χ0v) is 11.4. The van der Waals surface area contributed by atoms with E-state index in [1.54, 1.807) is 14.2 Å². The molecule has 4 heteroatoms. The summed E-state index contributed by atoms with van der Waals surface area (Å²) in [5, 5.41) is 3.26. The van der Waals surface area contributed by atoms with Crippen molar-refractivity contribution in [2.75, 3.05) is 41.1 Å². The van der Waals surface area contributed by atoms with E-state index < -0.39 is 0 Å². The van der Waals surface area contributed by atoms with Crippen LogP contribution in [0.5, 0.6) is 5.75 Å². The van der Waals surface area contributed by atoms with Gasteiger partial charge in [0.05, 0.1) is 26.9 Å². The molecule has 0 aliphatic carbocycles. The van der Waals surface area contributed by atoms with E-state index >= 15 is 0 Å². The highest BCUT2D eigenvalue weighted by Crippen LogP contribution is 2.14. The van der Waals surface area contributed by atoms with Gasteiger partial charge >= 0.3 is 0 Å². The van der Waals surface area contributed by atoms with E-state index in [2.05, 4.69) is 17.4 Å². The molecule has 1 atom stereocenters. The third-order valence-corrected chi connectivity index (χ3v) is 2.78. The summed E-state index contributed by atoms with van der Waals surface area (Å²) in [4.78, 5) is 0. The van der Waals surface area contributed by atoms with Gasteiger partial charge < -0.3 is 19.5 Å². The molecule has 1 aromatic carbocycles. The van der Waals surface area contributed by atoms with Crippen molar-refractivity contribution in [3.63, 3.8) is 0 Å². The fourth-order valence-electron chi connectivity index (χ4n) is 1.70. The van der Waals surface area contributed by atoms with Crippen LogP contribution in [-0.4, -0.2) is 47.1 Å². The third kappa shape index (κ3) is 5.49. The number of likely N-dealkylation sites (N-methyl/N-ethyl adjacent to an activating group) is 1. The largest absolute Gasteiger partial charge is 0.497 e. The summed E-state index contributed by atoms with van der Waals surface area (Å²) in [6, 6.07) is 8.41. The molecule has 0 saturated carbocycles. The van der Waals surface area contributed by atoms with Crippen molar-refractivity contribution >= 4 is 0 Å². The van der Waals surface area contributed by atoms with Crippen LogP contribution in [0.4, 0.5) is 0 Å². The maximum absolute atomic E-state index is 5.54. The highest BCUT2D eigenvalue weighted by molar-refractivity contribution is 5.28. The van der Waals surface area contributed by atoms with Crippen LogP contribution in [0, 0.1) is 0 Å². The van der Waals surface area contributed by atoms with Gasteiger partial charge in [0.25, 0.3) is 0 Å². The van der Waals surface area contributed by atoms with Crippen LogP contribution in [-0.2, 0) is 15.9 Å². The van der Waals surface area contributed by atoms with E-state index in [-0.39, 0.29) is 0 Å². The smallest absolute Gasteiger partial charge is 0.119 e. The molecule has 0 heterocycles.